The van der Waals surface area contributed by atoms with Gasteiger partial charge in [-0.05, 0) is 43.4 Å². The van der Waals surface area contributed by atoms with Gasteiger partial charge in [0.15, 0.2) is 0 Å². The lowest BCUT2D eigenvalue weighted by Gasteiger charge is -2.36. The van der Waals surface area contributed by atoms with Gasteiger partial charge in [0.25, 0.3) is 0 Å². The van der Waals surface area contributed by atoms with Gasteiger partial charge in [-0.25, -0.2) is 4.39 Å². The highest BCUT2D eigenvalue weighted by molar-refractivity contribution is 5.47. The van der Waals surface area contributed by atoms with Crippen molar-refractivity contribution in [3.63, 3.8) is 0 Å². The summed E-state index contributed by atoms with van der Waals surface area (Å²) in [4.78, 5) is 2.17. The molecule has 1 saturated heterocycles. The molecule has 0 bridgehead atoms. The maximum absolute atomic E-state index is 13.9. The molecule has 1 aliphatic carbocycles. The monoisotopic (exact) mass is 314 g/mol. The molecule has 122 valence electrons. The lowest BCUT2D eigenvalue weighted by atomic mass is 9.92. The fraction of sp³-hybridized carbons (Fsp3) is 0.500. The van der Waals surface area contributed by atoms with Crippen molar-refractivity contribution in [1.82, 2.24) is 15.5 Å². The molecule has 1 aliphatic heterocycles. The van der Waals surface area contributed by atoms with Crippen molar-refractivity contribution in [2.45, 2.75) is 44.2 Å². The quantitative estimate of drug-likeness (QED) is 0.915. The zero-order valence-corrected chi connectivity index (χ0v) is 13.3. The van der Waals surface area contributed by atoms with Crippen molar-refractivity contribution in [1.29, 1.82) is 0 Å². The third kappa shape index (κ3) is 3.11. The first kappa shape index (κ1) is 14.7. The summed E-state index contributed by atoms with van der Waals surface area (Å²) in [6.07, 6.45) is 7.43. The Morgan fingerprint density at radius 2 is 1.96 bits per heavy atom. The number of hydrogen-bond donors (Lipinski definition) is 2. The van der Waals surface area contributed by atoms with E-state index in [0.717, 1.165) is 44.5 Å². The second kappa shape index (κ2) is 6.32. The Morgan fingerprint density at radius 1 is 1.13 bits per heavy atom. The normalized spacial score (nSPS) is 22.1. The van der Waals surface area contributed by atoms with Gasteiger partial charge in [-0.3, -0.25) is 5.10 Å². The van der Waals surface area contributed by atoms with E-state index in [-0.39, 0.29) is 5.82 Å². The van der Waals surface area contributed by atoms with Crippen LogP contribution < -0.4 is 10.2 Å². The number of hydrogen-bond acceptors (Lipinski definition) is 3. The molecule has 4 rings (SSSR count). The Balaban J connectivity index is 1.31. The van der Waals surface area contributed by atoms with Crippen molar-refractivity contribution in [2.24, 2.45) is 0 Å². The zero-order valence-electron chi connectivity index (χ0n) is 13.3. The predicted octanol–water partition coefficient (Wildman–Crippen LogP) is 2.66. The predicted molar refractivity (Wildman–Crippen MR) is 89.2 cm³/mol. The molecule has 1 fully saturated rings. The molecule has 2 aliphatic rings. The van der Waals surface area contributed by atoms with Gasteiger partial charge in [0.2, 0.25) is 0 Å². The molecule has 1 aromatic carbocycles. The molecular weight excluding hydrogens is 291 g/mol. The van der Waals surface area contributed by atoms with Gasteiger partial charge in [-0.1, -0.05) is 12.1 Å². The number of aromatic nitrogens is 2. The van der Waals surface area contributed by atoms with Crippen LogP contribution in [0.5, 0.6) is 0 Å². The van der Waals surface area contributed by atoms with Gasteiger partial charge >= 0.3 is 0 Å². The number of rotatable bonds is 3. The summed E-state index contributed by atoms with van der Waals surface area (Å²) >= 11 is 0. The highest BCUT2D eigenvalue weighted by atomic mass is 19.1. The van der Waals surface area contributed by atoms with Crippen LogP contribution in [0, 0.1) is 5.82 Å². The number of anilines is 1. The first-order valence-electron chi connectivity index (χ1n) is 8.56. The molecule has 0 radical (unpaired) electrons. The second-order valence-electron chi connectivity index (χ2n) is 6.69. The van der Waals surface area contributed by atoms with Gasteiger partial charge < -0.3 is 10.2 Å². The number of nitrogens with one attached hydrogen (secondary N) is 2. The van der Waals surface area contributed by atoms with E-state index in [1.54, 1.807) is 12.1 Å². The van der Waals surface area contributed by atoms with Gasteiger partial charge in [-0.2, -0.15) is 5.10 Å². The fourth-order valence-electron chi connectivity index (χ4n) is 3.88. The fourth-order valence-corrected chi connectivity index (χ4v) is 3.88. The van der Waals surface area contributed by atoms with E-state index in [0.29, 0.717) is 12.1 Å². The minimum atomic E-state index is -0.113. The first-order chi connectivity index (χ1) is 11.3. The number of piperidine rings is 1. The van der Waals surface area contributed by atoms with E-state index >= 15 is 0 Å². The smallest absolute Gasteiger partial charge is 0.146 e. The summed E-state index contributed by atoms with van der Waals surface area (Å²) in [5, 5.41) is 11.1. The number of halogens is 1. The number of fused-ring (bicyclic) bond motifs is 1. The molecule has 2 aromatic rings. The molecular formula is C18H23FN4. The molecule has 1 atom stereocenters. The number of benzene rings is 1. The minimum Gasteiger partial charge on any atom is -0.369 e. The van der Waals surface area contributed by atoms with Crippen LogP contribution in [0.3, 0.4) is 0 Å². The van der Waals surface area contributed by atoms with E-state index in [9.17, 15) is 4.39 Å². The van der Waals surface area contributed by atoms with Crippen LogP contribution in [0.2, 0.25) is 0 Å². The van der Waals surface area contributed by atoms with Gasteiger partial charge in [0.05, 0.1) is 11.9 Å². The number of nitrogens with zero attached hydrogens (tertiary/aromatic N) is 2. The van der Waals surface area contributed by atoms with E-state index in [4.69, 9.17) is 0 Å². The van der Waals surface area contributed by atoms with E-state index in [1.807, 2.05) is 18.3 Å². The SMILES string of the molecule is Fc1ccccc1N1CCC(NC2CCc3cn[nH]c3C2)CC1. The Labute approximate surface area is 136 Å². The molecule has 5 heteroatoms. The summed E-state index contributed by atoms with van der Waals surface area (Å²) in [5.74, 6) is -0.113. The summed E-state index contributed by atoms with van der Waals surface area (Å²) in [6.45, 7) is 1.83. The van der Waals surface area contributed by atoms with Crippen molar-refractivity contribution in [3.8, 4) is 0 Å². The molecule has 23 heavy (non-hydrogen) atoms. The van der Waals surface area contributed by atoms with Crippen molar-refractivity contribution < 1.29 is 4.39 Å². The van der Waals surface area contributed by atoms with Crippen LogP contribution in [-0.4, -0.2) is 35.4 Å². The molecule has 0 amide bonds. The third-order valence-electron chi connectivity index (χ3n) is 5.18. The van der Waals surface area contributed by atoms with Gasteiger partial charge in [0.1, 0.15) is 5.82 Å². The highest BCUT2D eigenvalue weighted by Gasteiger charge is 2.26. The van der Waals surface area contributed by atoms with Crippen LogP contribution in [-0.2, 0) is 12.8 Å². The maximum atomic E-state index is 13.9. The molecule has 2 N–H and O–H groups in total. The minimum absolute atomic E-state index is 0.113. The summed E-state index contributed by atoms with van der Waals surface area (Å²) in [7, 11) is 0. The van der Waals surface area contributed by atoms with Crippen LogP contribution in [0.1, 0.15) is 30.5 Å². The van der Waals surface area contributed by atoms with Crippen LogP contribution in [0.4, 0.5) is 10.1 Å². The van der Waals surface area contributed by atoms with Crippen molar-refractivity contribution in [3.05, 3.63) is 47.5 Å². The Bertz CT molecular complexity index is 661. The molecule has 4 nitrogen and oxygen atoms in total. The van der Waals surface area contributed by atoms with Crippen LogP contribution >= 0.6 is 0 Å². The second-order valence-corrected chi connectivity index (χ2v) is 6.69. The Hall–Kier alpha value is -1.88. The average Bonchev–Trinajstić information content (AvgIpc) is 3.04. The first-order valence-corrected chi connectivity index (χ1v) is 8.56. The van der Waals surface area contributed by atoms with E-state index in [2.05, 4.69) is 20.4 Å². The van der Waals surface area contributed by atoms with E-state index in [1.165, 1.54) is 17.7 Å². The Kier molecular flexibility index (Phi) is 4.04. The number of H-pyrrole nitrogens is 1. The zero-order chi connectivity index (χ0) is 15.6. The molecule has 0 saturated carbocycles. The van der Waals surface area contributed by atoms with Crippen molar-refractivity contribution in [2.75, 3.05) is 18.0 Å². The molecule has 0 spiro atoms. The number of aromatic amines is 1. The maximum Gasteiger partial charge on any atom is 0.146 e. The third-order valence-corrected chi connectivity index (χ3v) is 5.18. The van der Waals surface area contributed by atoms with Crippen molar-refractivity contribution >= 4 is 5.69 Å². The van der Waals surface area contributed by atoms with Crippen LogP contribution in [0.15, 0.2) is 30.5 Å². The number of aryl methyl sites for hydroxylation is 1. The van der Waals surface area contributed by atoms with E-state index < -0.39 is 0 Å². The standard InChI is InChI=1S/C18H23FN4/c19-16-3-1-2-4-18(16)23-9-7-14(8-10-23)21-15-6-5-13-12-20-22-17(13)11-15/h1-4,12,14-15,21H,5-11H2,(H,20,22). The topological polar surface area (TPSA) is 44.0 Å². The van der Waals surface area contributed by atoms with Gasteiger partial charge in [0, 0.05) is 37.3 Å². The van der Waals surface area contributed by atoms with Crippen LogP contribution in [0.25, 0.3) is 0 Å². The molecule has 1 unspecified atom stereocenters. The molecule has 1 aromatic heterocycles. The highest BCUT2D eigenvalue weighted by Crippen LogP contribution is 2.24. The Morgan fingerprint density at radius 3 is 2.78 bits per heavy atom. The largest absolute Gasteiger partial charge is 0.369 e. The molecule has 2 heterocycles. The summed E-state index contributed by atoms with van der Waals surface area (Å²) < 4.78 is 13.9. The number of para-hydroxylation sites is 1. The summed E-state index contributed by atoms with van der Waals surface area (Å²) in [6, 6.07) is 8.15. The average molecular weight is 314 g/mol. The lowest BCUT2D eigenvalue weighted by Crippen LogP contribution is -2.48. The summed E-state index contributed by atoms with van der Waals surface area (Å²) in [5.41, 5.74) is 3.40. The lowest BCUT2D eigenvalue weighted by molar-refractivity contribution is 0.343. The van der Waals surface area contributed by atoms with Gasteiger partial charge in [-0.15, -0.1) is 0 Å².